The molecule has 0 saturated carbocycles. The van der Waals surface area contributed by atoms with E-state index in [0.717, 1.165) is 0 Å². The van der Waals surface area contributed by atoms with E-state index in [4.69, 9.17) is 12.6 Å². The van der Waals surface area contributed by atoms with Crippen LogP contribution < -0.4 is 0 Å². The molecule has 2 atom stereocenters. The predicted octanol–water partition coefficient (Wildman–Crippen LogP) is 5.68. The summed E-state index contributed by atoms with van der Waals surface area (Å²) in [7, 11) is 0. The van der Waals surface area contributed by atoms with Gasteiger partial charge in [-0.1, -0.05) is 87.5 Å². The number of benzene rings is 2. The van der Waals surface area contributed by atoms with Crippen LogP contribution in [0.5, 0.6) is 0 Å². The Hall–Kier alpha value is -1.73. The Kier molecular flexibility index (Phi) is 3.15. The van der Waals surface area contributed by atoms with Gasteiger partial charge in [0.25, 0.3) is 0 Å². The fourth-order valence-electron chi connectivity index (χ4n) is 4.27. The van der Waals surface area contributed by atoms with Crippen molar-refractivity contribution in [3.63, 3.8) is 0 Å². The maximum Gasteiger partial charge on any atom is 0.0329 e. The van der Waals surface area contributed by atoms with Crippen LogP contribution in [-0.4, -0.2) is 5.25 Å². The number of thiol groups is 1. The Morgan fingerprint density at radius 1 is 0.826 bits per heavy atom. The van der Waals surface area contributed by atoms with Crippen LogP contribution >= 0.6 is 12.6 Å². The fraction of sp³-hybridized carbons (Fsp3) is 0.273. The summed E-state index contributed by atoms with van der Waals surface area (Å²) in [5.74, 6) is 0. The molecule has 0 spiro atoms. The summed E-state index contributed by atoms with van der Waals surface area (Å²) in [6, 6.07) is 15.6. The summed E-state index contributed by atoms with van der Waals surface area (Å²) >= 11 is 4.87. The zero-order valence-electron chi connectivity index (χ0n) is 13.9. The SMILES string of the molecule is CC1(C)c2ccccc2-c2cccc(C3(C)C=CC=CC3S)c21. The third kappa shape index (κ3) is 1.93. The van der Waals surface area contributed by atoms with Crippen LogP contribution in [0.4, 0.5) is 0 Å². The molecule has 2 unspecified atom stereocenters. The molecule has 23 heavy (non-hydrogen) atoms. The molecule has 1 heteroatoms. The number of allylic oxidation sites excluding steroid dienone is 3. The summed E-state index contributed by atoms with van der Waals surface area (Å²) in [6.45, 7) is 7.00. The lowest BCUT2D eigenvalue weighted by molar-refractivity contribution is 0.575. The topological polar surface area (TPSA) is 0 Å². The van der Waals surface area contributed by atoms with Gasteiger partial charge in [-0.05, 0) is 27.8 Å². The Bertz CT molecular complexity index is 841. The van der Waals surface area contributed by atoms with Crippen molar-refractivity contribution in [2.45, 2.75) is 36.9 Å². The first-order valence-electron chi connectivity index (χ1n) is 8.24. The molecule has 4 rings (SSSR count). The molecule has 0 N–H and O–H groups in total. The lowest BCUT2D eigenvalue weighted by atomic mass is 9.69. The molecular weight excluding hydrogens is 296 g/mol. The molecule has 0 bridgehead atoms. The molecule has 0 radical (unpaired) electrons. The van der Waals surface area contributed by atoms with Crippen molar-refractivity contribution in [2.75, 3.05) is 0 Å². The first-order valence-corrected chi connectivity index (χ1v) is 8.76. The Morgan fingerprint density at radius 2 is 1.52 bits per heavy atom. The second-order valence-corrected chi connectivity index (χ2v) is 7.93. The quantitative estimate of drug-likeness (QED) is 0.643. The van der Waals surface area contributed by atoms with Crippen LogP contribution in [0.25, 0.3) is 11.1 Å². The highest BCUT2D eigenvalue weighted by Crippen LogP contribution is 2.53. The second kappa shape index (κ2) is 4.88. The second-order valence-electron chi connectivity index (χ2n) is 7.37. The van der Waals surface area contributed by atoms with E-state index < -0.39 is 0 Å². The molecular formula is C22H22S. The first kappa shape index (κ1) is 14.8. The van der Waals surface area contributed by atoms with Crippen LogP contribution in [0.1, 0.15) is 37.5 Å². The number of hydrogen-bond acceptors (Lipinski definition) is 1. The highest BCUT2D eigenvalue weighted by Gasteiger charge is 2.42. The van der Waals surface area contributed by atoms with Crippen molar-refractivity contribution in [3.05, 3.63) is 83.5 Å². The minimum atomic E-state index is -0.0808. The molecule has 0 heterocycles. The molecule has 2 aliphatic rings. The van der Waals surface area contributed by atoms with Gasteiger partial charge in [-0.15, -0.1) is 0 Å². The van der Waals surface area contributed by atoms with Gasteiger partial charge in [-0.25, -0.2) is 0 Å². The van der Waals surface area contributed by atoms with Gasteiger partial charge in [0.05, 0.1) is 0 Å². The first-order chi connectivity index (χ1) is 11.0. The molecule has 0 aliphatic heterocycles. The van der Waals surface area contributed by atoms with Crippen LogP contribution in [0.2, 0.25) is 0 Å². The zero-order chi connectivity index (χ0) is 16.2. The highest BCUT2D eigenvalue weighted by atomic mass is 32.1. The lowest BCUT2D eigenvalue weighted by Crippen LogP contribution is -2.34. The third-order valence-corrected chi connectivity index (χ3v) is 6.33. The number of fused-ring (bicyclic) bond motifs is 3. The summed E-state index contributed by atoms with van der Waals surface area (Å²) in [5.41, 5.74) is 6.99. The summed E-state index contributed by atoms with van der Waals surface area (Å²) in [5, 5.41) is 0.193. The molecule has 0 saturated heterocycles. The zero-order valence-corrected chi connectivity index (χ0v) is 14.8. The van der Waals surface area contributed by atoms with Gasteiger partial charge in [0.15, 0.2) is 0 Å². The Balaban J connectivity index is 2.02. The number of rotatable bonds is 1. The largest absolute Gasteiger partial charge is 0.170 e. The average molecular weight is 318 g/mol. The average Bonchev–Trinajstić information content (AvgIpc) is 2.79. The maximum atomic E-state index is 4.87. The monoisotopic (exact) mass is 318 g/mol. The third-order valence-electron chi connectivity index (χ3n) is 5.62. The summed E-state index contributed by atoms with van der Waals surface area (Å²) in [4.78, 5) is 0. The van der Waals surface area contributed by atoms with E-state index in [1.54, 1.807) is 0 Å². The van der Waals surface area contributed by atoms with Crippen LogP contribution in [-0.2, 0) is 10.8 Å². The van der Waals surface area contributed by atoms with Gasteiger partial charge in [0, 0.05) is 16.1 Å². The standard InChI is InChI=1S/C22H22S/c1-21(2)17-11-5-4-9-15(17)16-10-8-12-18(20(16)21)22(3)14-7-6-13-19(22)23/h4-14,19,23H,1-3H3. The molecule has 0 fully saturated rings. The van der Waals surface area contributed by atoms with E-state index in [1.165, 1.54) is 27.8 Å². The number of hydrogen-bond donors (Lipinski definition) is 1. The van der Waals surface area contributed by atoms with Crippen molar-refractivity contribution in [3.8, 4) is 11.1 Å². The molecule has 2 aromatic rings. The van der Waals surface area contributed by atoms with Gasteiger partial charge < -0.3 is 0 Å². The highest BCUT2D eigenvalue weighted by molar-refractivity contribution is 7.81. The van der Waals surface area contributed by atoms with Crippen molar-refractivity contribution >= 4 is 12.6 Å². The van der Waals surface area contributed by atoms with Crippen molar-refractivity contribution < 1.29 is 0 Å². The van der Waals surface area contributed by atoms with Crippen molar-refractivity contribution in [1.82, 2.24) is 0 Å². The maximum absolute atomic E-state index is 4.87. The van der Waals surface area contributed by atoms with Crippen LogP contribution in [0.15, 0.2) is 66.8 Å². The van der Waals surface area contributed by atoms with Gasteiger partial charge in [-0.2, -0.15) is 12.6 Å². The molecule has 2 aromatic carbocycles. The van der Waals surface area contributed by atoms with E-state index in [-0.39, 0.29) is 16.1 Å². The van der Waals surface area contributed by atoms with E-state index in [9.17, 15) is 0 Å². The van der Waals surface area contributed by atoms with Gasteiger partial charge >= 0.3 is 0 Å². The van der Waals surface area contributed by atoms with E-state index in [2.05, 4.69) is 87.5 Å². The van der Waals surface area contributed by atoms with Gasteiger partial charge in [0.1, 0.15) is 0 Å². The van der Waals surface area contributed by atoms with Crippen molar-refractivity contribution in [2.24, 2.45) is 0 Å². The summed E-state index contributed by atoms with van der Waals surface area (Å²) in [6.07, 6.45) is 8.75. The molecule has 0 amide bonds. The van der Waals surface area contributed by atoms with Crippen molar-refractivity contribution in [1.29, 1.82) is 0 Å². The Morgan fingerprint density at radius 3 is 2.30 bits per heavy atom. The minimum Gasteiger partial charge on any atom is -0.170 e. The van der Waals surface area contributed by atoms with Crippen LogP contribution in [0.3, 0.4) is 0 Å². The van der Waals surface area contributed by atoms with E-state index >= 15 is 0 Å². The fourth-order valence-corrected chi connectivity index (χ4v) is 4.59. The Labute approximate surface area is 144 Å². The lowest BCUT2D eigenvalue weighted by Gasteiger charge is -2.37. The smallest absolute Gasteiger partial charge is 0.0329 e. The van der Waals surface area contributed by atoms with E-state index in [1.807, 2.05) is 0 Å². The minimum absolute atomic E-state index is 0.0219. The summed E-state index contributed by atoms with van der Waals surface area (Å²) < 4.78 is 0. The molecule has 0 aromatic heterocycles. The van der Waals surface area contributed by atoms with Gasteiger partial charge in [-0.3, -0.25) is 0 Å². The predicted molar refractivity (Wildman–Crippen MR) is 102 cm³/mol. The molecule has 116 valence electrons. The normalized spacial score (nSPS) is 26.9. The van der Waals surface area contributed by atoms with E-state index in [0.29, 0.717) is 0 Å². The van der Waals surface area contributed by atoms with Crippen LogP contribution in [0, 0.1) is 0 Å². The molecule has 0 nitrogen and oxygen atoms in total. The molecule has 2 aliphatic carbocycles. The van der Waals surface area contributed by atoms with Gasteiger partial charge in [0.2, 0.25) is 0 Å².